The Hall–Kier alpha value is -2.90. The van der Waals surface area contributed by atoms with Gasteiger partial charge in [0.1, 0.15) is 5.69 Å². The summed E-state index contributed by atoms with van der Waals surface area (Å²) in [6.45, 7) is 2.13. The Bertz CT molecular complexity index is 1270. The van der Waals surface area contributed by atoms with E-state index in [1.165, 1.54) is 16.0 Å². The second-order valence-corrected chi connectivity index (χ2v) is 7.99. The lowest BCUT2D eigenvalue weighted by atomic mass is 10.1. The molecule has 0 bridgehead atoms. The van der Waals surface area contributed by atoms with Gasteiger partial charge in [-0.1, -0.05) is 29.8 Å². The van der Waals surface area contributed by atoms with Crippen LogP contribution in [0.3, 0.4) is 0 Å². The first-order chi connectivity index (χ1) is 14.0. The molecule has 0 saturated heterocycles. The van der Waals surface area contributed by atoms with Gasteiger partial charge in [0.2, 0.25) is 0 Å². The average Bonchev–Trinajstić information content (AvgIpc) is 3.13. The number of fused-ring (bicyclic) bond motifs is 1. The van der Waals surface area contributed by atoms with E-state index in [0.29, 0.717) is 27.7 Å². The van der Waals surface area contributed by atoms with Gasteiger partial charge in [-0.2, -0.15) is 5.10 Å². The third kappa shape index (κ3) is 3.59. The van der Waals surface area contributed by atoms with Crippen LogP contribution in [0.1, 0.15) is 10.6 Å². The Labute approximate surface area is 176 Å². The molecule has 2 heterocycles. The van der Waals surface area contributed by atoms with Crippen LogP contribution in [0.2, 0.25) is 5.02 Å². The number of benzene rings is 2. The van der Waals surface area contributed by atoms with E-state index >= 15 is 0 Å². The minimum atomic E-state index is -0.242. The zero-order valence-electron chi connectivity index (χ0n) is 16.1. The number of halogens is 1. The smallest absolute Gasteiger partial charge is 0.294 e. The lowest BCUT2D eigenvalue weighted by Crippen LogP contribution is -2.24. The molecular formula is C21H18ClN3O3S. The molecule has 0 aliphatic rings. The molecule has 2 aromatic heterocycles. The van der Waals surface area contributed by atoms with Crippen molar-refractivity contribution in [3.05, 3.63) is 68.4 Å². The van der Waals surface area contributed by atoms with Crippen molar-refractivity contribution in [3.63, 3.8) is 0 Å². The van der Waals surface area contributed by atoms with Gasteiger partial charge in [0, 0.05) is 10.6 Å². The third-order valence-corrected chi connectivity index (χ3v) is 5.89. The van der Waals surface area contributed by atoms with Crippen LogP contribution in [0.4, 0.5) is 0 Å². The topological polar surface area (TPSA) is 66.2 Å². The highest BCUT2D eigenvalue weighted by atomic mass is 35.5. The van der Waals surface area contributed by atoms with Crippen LogP contribution in [0, 0.1) is 6.92 Å². The number of methoxy groups -OCH3 is 2. The zero-order valence-corrected chi connectivity index (χ0v) is 17.7. The van der Waals surface area contributed by atoms with Gasteiger partial charge in [0.05, 0.1) is 30.5 Å². The van der Waals surface area contributed by atoms with Gasteiger partial charge in [0.25, 0.3) is 5.56 Å². The standard InChI is InChI=1S/C21H18ClN3O3S/c1-12-23-19-20(29-12)18(13-8-9-16(27-2)17(10-13)28-3)24-25(21(19)26)11-14-6-4-5-7-15(14)22/h4-10H,11H2,1-3H3. The second kappa shape index (κ2) is 7.85. The maximum absolute atomic E-state index is 13.0. The molecule has 29 heavy (non-hydrogen) atoms. The number of nitrogens with zero attached hydrogens (tertiary/aromatic N) is 3. The highest BCUT2D eigenvalue weighted by molar-refractivity contribution is 7.19. The van der Waals surface area contributed by atoms with E-state index < -0.39 is 0 Å². The predicted octanol–water partition coefficient (Wildman–Crippen LogP) is 4.55. The molecule has 0 atom stereocenters. The Morgan fingerprint density at radius 2 is 1.86 bits per heavy atom. The quantitative estimate of drug-likeness (QED) is 0.467. The van der Waals surface area contributed by atoms with E-state index in [9.17, 15) is 4.79 Å². The fourth-order valence-corrected chi connectivity index (χ4v) is 4.25. The first-order valence-electron chi connectivity index (χ1n) is 8.86. The Morgan fingerprint density at radius 1 is 1.10 bits per heavy atom. The van der Waals surface area contributed by atoms with E-state index in [1.807, 2.05) is 43.3 Å². The fraction of sp³-hybridized carbons (Fsp3) is 0.190. The first kappa shape index (κ1) is 19.4. The SMILES string of the molecule is COc1ccc(-c2nn(Cc3ccccc3Cl)c(=O)c3nc(C)sc23)cc1OC. The Balaban J connectivity index is 1.93. The van der Waals surface area contributed by atoms with Crippen LogP contribution in [0.25, 0.3) is 21.5 Å². The third-order valence-electron chi connectivity index (χ3n) is 4.54. The Morgan fingerprint density at radius 3 is 2.59 bits per heavy atom. The molecule has 0 fully saturated rings. The van der Waals surface area contributed by atoms with Crippen molar-refractivity contribution >= 4 is 33.2 Å². The van der Waals surface area contributed by atoms with E-state index in [4.69, 9.17) is 21.1 Å². The van der Waals surface area contributed by atoms with Crippen molar-refractivity contribution in [2.24, 2.45) is 0 Å². The summed E-state index contributed by atoms with van der Waals surface area (Å²) in [5, 5.41) is 6.06. The summed E-state index contributed by atoms with van der Waals surface area (Å²) in [7, 11) is 3.17. The molecule has 0 spiro atoms. The molecule has 0 amide bonds. The summed E-state index contributed by atoms with van der Waals surface area (Å²) in [5.74, 6) is 1.21. The number of ether oxygens (including phenoxy) is 2. The summed E-state index contributed by atoms with van der Waals surface area (Å²) in [5.41, 5.74) is 2.45. The van der Waals surface area contributed by atoms with Crippen LogP contribution < -0.4 is 15.0 Å². The molecular weight excluding hydrogens is 410 g/mol. The van der Waals surface area contributed by atoms with Crippen LogP contribution in [-0.4, -0.2) is 29.0 Å². The van der Waals surface area contributed by atoms with Crippen molar-refractivity contribution in [1.82, 2.24) is 14.8 Å². The van der Waals surface area contributed by atoms with Crippen molar-refractivity contribution in [2.75, 3.05) is 14.2 Å². The van der Waals surface area contributed by atoms with E-state index in [0.717, 1.165) is 20.8 Å². The van der Waals surface area contributed by atoms with Gasteiger partial charge < -0.3 is 9.47 Å². The monoisotopic (exact) mass is 427 g/mol. The molecule has 0 saturated carbocycles. The van der Waals surface area contributed by atoms with Crippen molar-refractivity contribution in [1.29, 1.82) is 0 Å². The van der Waals surface area contributed by atoms with Crippen molar-refractivity contribution < 1.29 is 9.47 Å². The van der Waals surface area contributed by atoms with Gasteiger partial charge in [0.15, 0.2) is 17.0 Å². The zero-order chi connectivity index (χ0) is 20.5. The molecule has 6 nitrogen and oxygen atoms in total. The lowest BCUT2D eigenvalue weighted by molar-refractivity contribution is 0.355. The number of aryl methyl sites for hydroxylation is 1. The number of aromatic nitrogens is 3. The Kier molecular flexibility index (Phi) is 5.25. The minimum absolute atomic E-state index is 0.242. The summed E-state index contributed by atoms with van der Waals surface area (Å²) in [6, 6.07) is 13.0. The molecule has 0 radical (unpaired) electrons. The summed E-state index contributed by atoms with van der Waals surface area (Å²) >= 11 is 7.74. The van der Waals surface area contributed by atoms with Gasteiger partial charge in [-0.05, 0) is 36.8 Å². The fourth-order valence-electron chi connectivity index (χ4n) is 3.13. The molecule has 0 N–H and O–H groups in total. The summed E-state index contributed by atoms with van der Waals surface area (Å²) < 4.78 is 12.9. The molecule has 0 aliphatic carbocycles. The number of rotatable bonds is 5. The second-order valence-electron chi connectivity index (χ2n) is 6.38. The molecule has 2 aromatic carbocycles. The van der Waals surface area contributed by atoms with Crippen molar-refractivity contribution in [2.45, 2.75) is 13.5 Å². The minimum Gasteiger partial charge on any atom is -0.493 e. The van der Waals surface area contributed by atoms with E-state index in [1.54, 1.807) is 20.3 Å². The summed E-state index contributed by atoms with van der Waals surface area (Å²) in [6.07, 6.45) is 0. The van der Waals surface area contributed by atoms with Gasteiger partial charge >= 0.3 is 0 Å². The normalized spacial score (nSPS) is 11.0. The molecule has 0 aliphatic heterocycles. The van der Waals surface area contributed by atoms with Gasteiger partial charge in [-0.3, -0.25) is 4.79 Å². The first-order valence-corrected chi connectivity index (χ1v) is 10.1. The number of thiazole rings is 1. The molecule has 4 aromatic rings. The summed E-state index contributed by atoms with van der Waals surface area (Å²) in [4.78, 5) is 17.5. The number of hydrogen-bond donors (Lipinski definition) is 0. The largest absolute Gasteiger partial charge is 0.493 e. The van der Waals surface area contributed by atoms with Crippen LogP contribution in [0.5, 0.6) is 11.5 Å². The van der Waals surface area contributed by atoms with Gasteiger partial charge in [-0.25, -0.2) is 9.67 Å². The molecule has 4 rings (SSSR count). The molecule has 148 valence electrons. The van der Waals surface area contributed by atoms with Crippen LogP contribution >= 0.6 is 22.9 Å². The van der Waals surface area contributed by atoms with Crippen molar-refractivity contribution in [3.8, 4) is 22.8 Å². The molecule has 0 unspecified atom stereocenters. The van der Waals surface area contributed by atoms with Crippen LogP contribution in [-0.2, 0) is 6.54 Å². The predicted molar refractivity (Wildman–Crippen MR) is 116 cm³/mol. The lowest BCUT2D eigenvalue weighted by Gasteiger charge is -2.12. The molecule has 8 heteroatoms. The average molecular weight is 428 g/mol. The van der Waals surface area contributed by atoms with E-state index in [2.05, 4.69) is 10.1 Å². The van der Waals surface area contributed by atoms with Crippen LogP contribution in [0.15, 0.2) is 47.3 Å². The van der Waals surface area contributed by atoms with Gasteiger partial charge in [-0.15, -0.1) is 11.3 Å². The highest BCUT2D eigenvalue weighted by Crippen LogP contribution is 2.35. The number of hydrogen-bond acceptors (Lipinski definition) is 6. The highest BCUT2D eigenvalue weighted by Gasteiger charge is 2.18. The maximum atomic E-state index is 13.0. The maximum Gasteiger partial charge on any atom is 0.294 e. The van der Waals surface area contributed by atoms with E-state index in [-0.39, 0.29) is 12.1 Å².